The number of amides is 2. The van der Waals surface area contributed by atoms with Gasteiger partial charge in [-0.05, 0) is 65.4 Å². The molecule has 1 aromatic rings. The molecule has 35 heavy (non-hydrogen) atoms. The molecule has 2 amide bonds. The van der Waals surface area contributed by atoms with E-state index in [1.807, 2.05) is 20.8 Å². The molecule has 1 aromatic heterocycles. The predicted molar refractivity (Wildman–Crippen MR) is 140 cm³/mol. The van der Waals surface area contributed by atoms with Gasteiger partial charge in [-0.1, -0.05) is 18.8 Å². The standard InChI is InChI=1S/C27H40N2O5S/c1-17-10-12-19(13-11-17)24(30)29(22(18(2)33-8)25(31)28(6)7)21-16-20(14-15-27(3,4)5)35-23(21)26(32)34-9/h16-19,22H,10-13H2,1-9H3/t17-,18-,19-,22?/m1/s1. The van der Waals surface area contributed by atoms with Crippen LogP contribution in [0.5, 0.6) is 0 Å². The van der Waals surface area contributed by atoms with Gasteiger partial charge in [0.05, 0.1) is 23.8 Å². The van der Waals surface area contributed by atoms with E-state index in [0.29, 0.717) is 16.5 Å². The summed E-state index contributed by atoms with van der Waals surface area (Å²) in [6.07, 6.45) is 2.79. The Morgan fingerprint density at radius 2 is 1.71 bits per heavy atom. The van der Waals surface area contributed by atoms with Crippen LogP contribution in [0, 0.1) is 29.1 Å². The van der Waals surface area contributed by atoms with Crippen LogP contribution in [-0.2, 0) is 19.1 Å². The van der Waals surface area contributed by atoms with Crippen LogP contribution in [-0.4, -0.2) is 63.1 Å². The number of likely N-dealkylation sites (N-methyl/N-ethyl adjacent to an activating group) is 1. The Morgan fingerprint density at radius 1 is 1.11 bits per heavy atom. The van der Waals surface area contributed by atoms with E-state index in [4.69, 9.17) is 9.47 Å². The van der Waals surface area contributed by atoms with Gasteiger partial charge in [0.15, 0.2) is 0 Å². The third-order valence-corrected chi connectivity index (χ3v) is 7.31. The van der Waals surface area contributed by atoms with Crippen LogP contribution < -0.4 is 4.90 Å². The average molecular weight is 505 g/mol. The largest absolute Gasteiger partial charge is 0.465 e. The minimum atomic E-state index is -0.941. The molecule has 0 bridgehead atoms. The molecule has 194 valence electrons. The maximum atomic E-state index is 14.1. The number of ether oxygens (including phenoxy) is 2. The van der Waals surface area contributed by atoms with Crippen molar-refractivity contribution in [1.29, 1.82) is 0 Å². The molecule has 1 saturated carbocycles. The van der Waals surface area contributed by atoms with Gasteiger partial charge in [0.2, 0.25) is 11.8 Å². The molecule has 0 N–H and O–H groups in total. The second-order valence-electron chi connectivity index (χ2n) is 10.6. The quantitative estimate of drug-likeness (QED) is 0.401. The molecule has 1 fully saturated rings. The molecular weight excluding hydrogens is 464 g/mol. The summed E-state index contributed by atoms with van der Waals surface area (Å²) in [4.78, 5) is 44.2. The monoisotopic (exact) mass is 504 g/mol. The second kappa shape index (κ2) is 12.0. The maximum Gasteiger partial charge on any atom is 0.350 e. The highest BCUT2D eigenvalue weighted by molar-refractivity contribution is 7.15. The Bertz CT molecular complexity index is 974. The Morgan fingerprint density at radius 3 is 2.20 bits per heavy atom. The second-order valence-corrected chi connectivity index (χ2v) is 11.7. The van der Waals surface area contributed by atoms with E-state index < -0.39 is 18.1 Å². The normalized spacial score (nSPS) is 19.7. The lowest BCUT2D eigenvalue weighted by Crippen LogP contribution is -2.57. The summed E-state index contributed by atoms with van der Waals surface area (Å²) in [5.41, 5.74) is 0.116. The summed E-state index contributed by atoms with van der Waals surface area (Å²) in [7, 11) is 6.12. The number of anilines is 1. The highest BCUT2D eigenvalue weighted by Crippen LogP contribution is 2.37. The zero-order chi connectivity index (χ0) is 26.5. The summed E-state index contributed by atoms with van der Waals surface area (Å²) in [5, 5.41) is 0. The Balaban J connectivity index is 2.73. The molecule has 0 aromatic carbocycles. The molecule has 2 atom stereocenters. The van der Waals surface area contributed by atoms with Gasteiger partial charge in [-0.3, -0.25) is 14.5 Å². The summed E-state index contributed by atoms with van der Waals surface area (Å²) in [5.74, 6) is 5.64. The minimum absolute atomic E-state index is 0.167. The molecule has 0 radical (unpaired) electrons. The molecule has 1 aliphatic carbocycles. The fourth-order valence-electron chi connectivity index (χ4n) is 4.13. The van der Waals surface area contributed by atoms with Gasteiger partial charge in [0, 0.05) is 32.5 Å². The molecular formula is C27H40N2O5S. The number of carbonyl (C=O) groups is 3. The minimum Gasteiger partial charge on any atom is -0.465 e. The van der Waals surface area contributed by atoms with Gasteiger partial charge < -0.3 is 14.4 Å². The Hall–Kier alpha value is -2.37. The van der Waals surface area contributed by atoms with Crippen LogP contribution in [0.15, 0.2) is 6.07 Å². The molecule has 1 heterocycles. The first-order valence-electron chi connectivity index (χ1n) is 12.1. The van der Waals surface area contributed by atoms with Crippen LogP contribution in [0.1, 0.15) is 74.9 Å². The van der Waals surface area contributed by atoms with E-state index in [1.165, 1.54) is 35.4 Å². The Labute approximate surface area is 214 Å². The van der Waals surface area contributed by atoms with Gasteiger partial charge in [-0.2, -0.15) is 0 Å². The van der Waals surface area contributed by atoms with E-state index in [0.717, 1.165) is 25.7 Å². The summed E-state index contributed by atoms with van der Waals surface area (Å²) in [6.45, 7) is 9.96. The molecule has 1 aliphatic rings. The van der Waals surface area contributed by atoms with E-state index >= 15 is 0 Å². The average Bonchev–Trinajstić information content (AvgIpc) is 3.23. The van der Waals surface area contributed by atoms with Crippen molar-refractivity contribution in [3.8, 4) is 11.8 Å². The van der Waals surface area contributed by atoms with Crippen molar-refractivity contribution >= 4 is 34.8 Å². The summed E-state index contributed by atoms with van der Waals surface area (Å²) in [6, 6.07) is 0.792. The van der Waals surface area contributed by atoms with Crippen LogP contribution in [0.3, 0.4) is 0 Å². The number of hydrogen-bond acceptors (Lipinski definition) is 6. The molecule has 0 saturated heterocycles. The van der Waals surface area contributed by atoms with Gasteiger partial charge in [0.25, 0.3) is 0 Å². The number of nitrogens with zero attached hydrogens (tertiary/aromatic N) is 2. The van der Waals surface area contributed by atoms with E-state index in [2.05, 4.69) is 18.8 Å². The van der Waals surface area contributed by atoms with E-state index in [1.54, 1.807) is 27.1 Å². The molecule has 2 rings (SSSR count). The highest BCUT2D eigenvalue weighted by atomic mass is 32.1. The third-order valence-electron chi connectivity index (χ3n) is 6.29. The third kappa shape index (κ3) is 7.31. The van der Waals surface area contributed by atoms with Gasteiger partial charge in [-0.25, -0.2) is 4.79 Å². The van der Waals surface area contributed by atoms with Crippen LogP contribution in [0.2, 0.25) is 0 Å². The van der Waals surface area contributed by atoms with Crippen LogP contribution in [0.4, 0.5) is 5.69 Å². The fourth-order valence-corrected chi connectivity index (χ4v) is 5.06. The molecule has 7 nitrogen and oxygen atoms in total. The molecule has 1 unspecified atom stereocenters. The topological polar surface area (TPSA) is 76.2 Å². The summed E-state index contributed by atoms with van der Waals surface area (Å²) >= 11 is 1.17. The van der Waals surface area contributed by atoms with Crippen LogP contribution >= 0.6 is 11.3 Å². The molecule has 0 aliphatic heterocycles. The first kappa shape index (κ1) is 28.9. The number of esters is 1. The molecule has 0 spiro atoms. The van der Waals surface area contributed by atoms with E-state index in [-0.39, 0.29) is 28.0 Å². The predicted octanol–water partition coefficient (Wildman–Crippen LogP) is 4.58. The number of rotatable bonds is 7. The zero-order valence-corrected chi connectivity index (χ0v) is 23.4. The van der Waals surface area contributed by atoms with Gasteiger partial charge in [-0.15, -0.1) is 11.3 Å². The van der Waals surface area contributed by atoms with Crippen molar-refractivity contribution in [3.05, 3.63) is 15.8 Å². The van der Waals surface area contributed by atoms with Crippen molar-refractivity contribution in [2.45, 2.75) is 72.4 Å². The number of carbonyl (C=O) groups excluding carboxylic acids is 3. The molecule has 8 heteroatoms. The van der Waals surface area contributed by atoms with Crippen molar-refractivity contribution in [1.82, 2.24) is 4.90 Å². The van der Waals surface area contributed by atoms with Gasteiger partial charge >= 0.3 is 5.97 Å². The van der Waals surface area contributed by atoms with Crippen molar-refractivity contribution < 1.29 is 23.9 Å². The van der Waals surface area contributed by atoms with Crippen molar-refractivity contribution in [3.63, 3.8) is 0 Å². The Kier molecular flexibility index (Phi) is 9.94. The lowest BCUT2D eigenvalue weighted by Gasteiger charge is -2.38. The lowest BCUT2D eigenvalue weighted by atomic mass is 9.82. The fraction of sp³-hybridized carbons (Fsp3) is 0.667. The van der Waals surface area contributed by atoms with E-state index in [9.17, 15) is 14.4 Å². The van der Waals surface area contributed by atoms with Gasteiger partial charge in [0.1, 0.15) is 10.9 Å². The van der Waals surface area contributed by atoms with Crippen molar-refractivity contribution in [2.75, 3.05) is 33.2 Å². The number of thiophene rings is 1. The highest BCUT2D eigenvalue weighted by Gasteiger charge is 2.42. The first-order valence-corrected chi connectivity index (χ1v) is 12.9. The number of methoxy groups -OCH3 is 2. The smallest absolute Gasteiger partial charge is 0.350 e. The first-order chi connectivity index (χ1) is 16.3. The number of hydrogen-bond donors (Lipinski definition) is 0. The van der Waals surface area contributed by atoms with Crippen molar-refractivity contribution in [2.24, 2.45) is 17.3 Å². The summed E-state index contributed by atoms with van der Waals surface area (Å²) < 4.78 is 10.6. The lowest BCUT2D eigenvalue weighted by molar-refractivity contribution is -0.136. The van der Waals surface area contributed by atoms with Crippen LogP contribution in [0.25, 0.3) is 0 Å². The maximum absolute atomic E-state index is 14.1. The SMILES string of the molecule is COC(=O)c1sc(C#CC(C)(C)C)cc1N(C(=O)[C@H]1CC[C@H](C)CC1)C(C(=O)N(C)C)[C@@H](C)OC. The zero-order valence-electron chi connectivity index (χ0n) is 22.6.